The molecule has 2 aromatic rings. The van der Waals surface area contributed by atoms with Crippen LogP contribution in [0.4, 0.5) is 0 Å². The number of benzene rings is 2. The van der Waals surface area contributed by atoms with Gasteiger partial charge in [0.2, 0.25) is 5.91 Å². The second kappa shape index (κ2) is 10.7. The number of amides is 1. The molecule has 4 aliphatic rings. The molecule has 7 atom stereocenters. The summed E-state index contributed by atoms with van der Waals surface area (Å²) in [6.07, 6.45) is 1.18. The fourth-order valence-electron chi connectivity index (χ4n) is 7.30. The highest BCUT2D eigenvalue weighted by Gasteiger charge is 2.72. The van der Waals surface area contributed by atoms with E-state index in [1.165, 1.54) is 13.8 Å². The molecule has 11 heteroatoms. The van der Waals surface area contributed by atoms with Crippen LogP contribution in [0.5, 0.6) is 11.5 Å². The predicted molar refractivity (Wildman–Crippen MR) is 154 cm³/mol. The second-order valence-electron chi connectivity index (χ2n) is 12.1. The molecule has 228 valence electrons. The van der Waals surface area contributed by atoms with E-state index in [1.54, 1.807) is 12.1 Å². The van der Waals surface area contributed by atoms with Crippen LogP contribution in [-0.2, 0) is 42.1 Å². The molecule has 1 amide bonds. The van der Waals surface area contributed by atoms with Gasteiger partial charge in [0, 0.05) is 18.0 Å². The number of carbonyl (C=O) groups is 3. The minimum absolute atomic E-state index is 0.0326. The van der Waals surface area contributed by atoms with Crippen LogP contribution in [0, 0.1) is 0 Å². The van der Waals surface area contributed by atoms with Crippen molar-refractivity contribution in [3.8, 4) is 11.5 Å². The molecule has 2 aromatic carbocycles. The van der Waals surface area contributed by atoms with Crippen LogP contribution in [0.3, 0.4) is 0 Å². The highest BCUT2D eigenvalue weighted by Crippen LogP contribution is 2.65. The van der Waals surface area contributed by atoms with Gasteiger partial charge in [-0.05, 0) is 70.0 Å². The Morgan fingerprint density at radius 2 is 1.91 bits per heavy atom. The first-order valence-corrected chi connectivity index (χ1v) is 14.6. The van der Waals surface area contributed by atoms with Crippen LogP contribution in [-0.4, -0.2) is 82.5 Å². The number of phenolic OH excluding ortho intramolecular Hbond substituents is 1. The van der Waals surface area contributed by atoms with E-state index in [2.05, 4.69) is 10.2 Å². The molecule has 0 aromatic heterocycles. The first-order chi connectivity index (χ1) is 20.5. The Balaban J connectivity index is 1.13. The average molecular weight is 592 g/mol. The molecule has 2 aliphatic heterocycles. The van der Waals surface area contributed by atoms with Gasteiger partial charge < -0.3 is 40.4 Å². The number of piperidine rings is 1. The quantitative estimate of drug-likeness (QED) is 0.329. The summed E-state index contributed by atoms with van der Waals surface area (Å²) in [5.74, 6) is -1.69. The van der Waals surface area contributed by atoms with E-state index >= 15 is 0 Å². The number of phenols is 1. The minimum atomic E-state index is -1.30. The van der Waals surface area contributed by atoms with E-state index in [-0.39, 0.29) is 24.0 Å². The van der Waals surface area contributed by atoms with Gasteiger partial charge in [0.05, 0.1) is 17.1 Å². The molecule has 1 saturated heterocycles. The van der Waals surface area contributed by atoms with Crippen molar-refractivity contribution in [2.45, 2.75) is 80.9 Å². The van der Waals surface area contributed by atoms with Gasteiger partial charge in [-0.15, -0.1) is 0 Å². The van der Waals surface area contributed by atoms with Crippen LogP contribution in [0.25, 0.3) is 0 Å². The zero-order valence-electron chi connectivity index (χ0n) is 24.4. The maximum Gasteiger partial charge on any atom is 0.352 e. The summed E-state index contributed by atoms with van der Waals surface area (Å²) >= 11 is 0. The number of nitrogens with zero attached hydrogens (tertiary/aromatic N) is 1. The van der Waals surface area contributed by atoms with Crippen LogP contribution in [0.1, 0.15) is 43.4 Å². The first-order valence-electron chi connectivity index (χ1n) is 14.6. The Morgan fingerprint density at radius 1 is 1.16 bits per heavy atom. The van der Waals surface area contributed by atoms with Crippen molar-refractivity contribution in [2.24, 2.45) is 5.73 Å². The van der Waals surface area contributed by atoms with Crippen molar-refractivity contribution in [3.63, 3.8) is 0 Å². The van der Waals surface area contributed by atoms with Crippen molar-refractivity contribution < 1.29 is 38.8 Å². The molecule has 2 bridgehead atoms. The van der Waals surface area contributed by atoms with Gasteiger partial charge in [0.25, 0.3) is 0 Å². The number of nitrogens with one attached hydrogen (secondary N) is 1. The highest BCUT2D eigenvalue weighted by atomic mass is 16.6. The van der Waals surface area contributed by atoms with Crippen LogP contribution in [0.2, 0.25) is 0 Å². The van der Waals surface area contributed by atoms with Gasteiger partial charge >= 0.3 is 11.9 Å². The van der Waals surface area contributed by atoms with E-state index in [9.17, 15) is 24.6 Å². The molecule has 6 rings (SSSR count). The number of likely N-dealkylation sites (tertiary alicyclic amines) is 1. The van der Waals surface area contributed by atoms with Gasteiger partial charge in [0.1, 0.15) is 11.8 Å². The smallest absolute Gasteiger partial charge is 0.352 e. The van der Waals surface area contributed by atoms with Crippen LogP contribution in [0.15, 0.2) is 54.3 Å². The summed E-state index contributed by atoms with van der Waals surface area (Å²) in [7, 11) is 1.99. The Labute approximate surface area is 249 Å². The zero-order chi connectivity index (χ0) is 30.7. The maximum absolute atomic E-state index is 13.2. The molecule has 2 heterocycles. The zero-order valence-corrected chi connectivity index (χ0v) is 24.4. The van der Waals surface area contributed by atoms with Crippen molar-refractivity contribution in [2.75, 3.05) is 13.6 Å². The van der Waals surface area contributed by atoms with E-state index in [1.807, 2.05) is 43.4 Å². The lowest BCUT2D eigenvalue weighted by Crippen LogP contribution is -2.74. The number of esters is 2. The topological polar surface area (TPSA) is 161 Å². The third-order valence-corrected chi connectivity index (χ3v) is 9.54. The first kappa shape index (κ1) is 29.2. The summed E-state index contributed by atoms with van der Waals surface area (Å²) in [5, 5.41) is 25.4. The lowest BCUT2D eigenvalue weighted by molar-refractivity contribution is -0.176. The average Bonchev–Trinajstić information content (AvgIpc) is 3.34. The molecule has 1 fully saturated rings. The lowest BCUT2D eigenvalue weighted by Gasteiger charge is -2.61. The summed E-state index contributed by atoms with van der Waals surface area (Å²) in [4.78, 5) is 40.6. The normalized spacial score (nSPS) is 28.8. The Bertz CT molecular complexity index is 1490. The van der Waals surface area contributed by atoms with Crippen LogP contribution < -0.4 is 15.8 Å². The Hall–Kier alpha value is -3.93. The number of aromatic hydroxyl groups is 1. The second-order valence-corrected chi connectivity index (χ2v) is 12.1. The van der Waals surface area contributed by atoms with E-state index in [0.29, 0.717) is 31.6 Å². The molecule has 11 nitrogen and oxygen atoms in total. The molecule has 0 radical (unpaired) electrons. The number of rotatable bonds is 8. The Morgan fingerprint density at radius 3 is 2.65 bits per heavy atom. The number of aliphatic hydroxyl groups is 1. The van der Waals surface area contributed by atoms with Crippen molar-refractivity contribution in [3.05, 3.63) is 71.0 Å². The van der Waals surface area contributed by atoms with Crippen molar-refractivity contribution in [1.82, 2.24) is 10.2 Å². The van der Waals surface area contributed by atoms with E-state index < -0.39 is 53.2 Å². The molecule has 1 spiro atoms. The van der Waals surface area contributed by atoms with E-state index in [0.717, 1.165) is 16.7 Å². The minimum Gasteiger partial charge on any atom is -0.504 e. The fourth-order valence-corrected chi connectivity index (χ4v) is 7.30. The largest absolute Gasteiger partial charge is 0.504 e. The van der Waals surface area contributed by atoms with Gasteiger partial charge in [-0.1, -0.05) is 36.4 Å². The van der Waals surface area contributed by atoms with Gasteiger partial charge in [-0.3, -0.25) is 4.79 Å². The van der Waals surface area contributed by atoms with E-state index in [4.69, 9.17) is 19.9 Å². The van der Waals surface area contributed by atoms with Crippen LogP contribution >= 0.6 is 0 Å². The number of ether oxygens (including phenoxy) is 3. The molecule has 2 aliphatic carbocycles. The SMILES string of the molecule is CC(NC(=O)C(N)Cc1ccccc1)C(=O)OC(C)C(=O)OC1=CCC2(O)C3Cc4ccc(O)c5c4C2(CCN3C)C1O5. The van der Waals surface area contributed by atoms with Gasteiger partial charge in [0.15, 0.2) is 23.7 Å². The lowest BCUT2D eigenvalue weighted by atomic mass is 9.50. The van der Waals surface area contributed by atoms with Crippen molar-refractivity contribution >= 4 is 17.8 Å². The van der Waals surface area contributed by atoms with Gasteiger partial charge in [-0.25, -0.2) is 9.59 Å². The molecule has 7 unspecified atom stereocenters. The Kier molecular flexibility index (Phi) is 7.22. The number of hydrogen-bond donors (Lipinski definition) is 4. The molecule has 43 heavy (non-hydrogen) atoms. The fraction of sp³-hybridized carbons (Fsp3) is 0.469. The molecular weight excluding hydrogens is 554 g/mol. The monoisotopic (exact) mass is 591 g/mol. The number of hydrogen-bond acceptors (Lipinski definition) is 10. The number of carbonyl (C=O) groups excluding carboxylic acids is 3. The standard InChI is InChI=1S/C32H37N3O8/c1-17(34-28(37)21(33)15-19-7-5-4-6-8-19)29(38)41-18(2)30(39)42-23-11-12-32(40)24-16-20-9-10-22(36)26-25(20)31(32,27(23)43-26)13-14-35(24)3/h4-11,17-18,21,24,27,36,40H,12-16,33H2,1-3H3,(H,34,37). The predicted octanol–water partition coefficient (Wildman–Crippen LogP) is 1.22. The third-order valence-electron chi connectivity index (χ3n) is 9.54. The van der Waals surface area contributed by atoms with Crippen molar-refractivity contribution in [1.29, 1.82) is 0 Å². The number of likely N-dealkylation sites (N-methyl/N-ethyl adjacent to an activating group) is 1. The summed E-state index contributed by atoms with van der Waals surface area (Å²) in [6, 6.07) is 10.6. The summed E-state index contributed by atoms with van der Waals surface area (Å²) < 4.78 is 17.4. The molecule has 0 saturated carbocycles. The maximum atomic E-state index is 13.2. The number of nitrogens with two attached hydrogens (primary N) is 1. The molecular formula is C32H37N3O8. The third kappa shape index (κ3) is 4.57. The summed E-state index contributed by atoms with van der Waals surface area (Å²) in [6.45, 7) is 3.52. The highest BCUT2D eigenvalue weighted by molar-refractivity contribution is 5.88. The van der Waals surface area contributed by atoms with Gasteiger partial charge in [-0.2, -0.15) is 0 Å². The summed E-state index contributed by atoms with van der Waals surface area (Å²) in [5.41, 5.74) is 6.57. The molecule has 5 N–H and O–H groups in total.